The molecule has 0 amide bonds. The van der Waals surface area contributed by atoms with Crippen molar-refractivity contribution in [2.75, 3.05) is 5.32 Å². The molecule has 1 aliphatic rings. The molecule has 1 N–H and O–H groups in total. The Morgan fingerprint density at radius 3 is 2.77 bits per heavy atom. The fourth-order valence-electron chi connectivity index (χ4n) is 2.70. The van der Waals surface area contributed by atoms with Crippen LogP contribution in [0.25, 0.3) is 11.0 Å². The van der Waals surface area contributed by atoms with E-state index in [1.807, 2.05) is 6.07 Å². The minimum Gasteiger partial charge on any atom is -0.254 e. The van der Waals surface area contributed by atoms with Crippen LogP contribution in [0, 0.1) is 11.6 Å². The van der Waals surface area contributed by atoms with Crippen molar-refractivity contribution in [1.29, 1.82) is 0 Å². The second-order valence-electron chi connectivity index (χ2n) is 5.05. The molecule has 0 spiro atoms. The van der Waals surface area contributed by atoms with Crippen molar-refractivity contribution < 1.29 is 18.1 Å². The van der Waals surface area contributed by atoms with Crippen LogP contribution in [0.1, 0.15) is 16.4 Å². The van der Waals surface area contributed by atoms with E-state index in [0.29, 0.717) is 16.9 Å². The lowest BCUT2D eigenvalue weighted by molar-refractivity contribution is -0.524. The molecule has 0 aliphatic carbocycles. The van der Waals surface area contributed by atoms with Gasteiger partial charge in [0.15, 0.2) is 5.52 Å². The second kappa shape index (κ2) is 4.56. The SMILES string of the molecule is O=C1C(c2ccc(F)cc2F)Nc2cnc3ccccc3[n+]21. The molecule has 6 heteroatoms. The number of hydrogen-bond donors (Lipinski definition) is 1. The molecule has 3 aromatic rings. The van der Waals surface area contributed by atoms with Gasteiger partial charge < -0.3 is 0 Å². The van der Waals surface area contributed by atoms with Crippen molar-refractivity contribution in [3.63, 3.8) is 0 Å². The van der Waals surface area contributed by atoms with Gasteiger partial charge in [-0.05, 0) is 24.3 Å². The summed E-state index contributed by atoms with van der Waals surface area (Å²) in [6.07, 6.45) is 1.53. The van der Waals surface area contributed by atoms with Gasteiger partial charge in [0.25, 0.3) is 0 Å². The molecule has 1 atom stereocenters. The number of aromatic nitrogens is 2. The van der Waals surface area contributed by atoms with Gasteiger partial charge in [-0.1, -0.05) is 12.1 Å². The normalized spacial score (nSPS) is 16.6. The summed E-state index contributed by atoms with van der Waals surface area (Å²) in [7, 11) is 0. The third-order valence-corrected chi connectivity index (χ3v) is 3.72. The number of nitrogens with zero attached hydrogens (tertiary/aromatic N) is 2. The maximum absolute atomic E-state index is 14.0. The predicted molar refractivity (Wildman–Crippen MR) is 75.3 cm³/mol. The number of halogens is 2. The van der Waals surface area contributed by atoms with Crippen LogP contribution < -0.4 is 9.88 Å². The largest absolute Gasteiger partial charge is 0.364 e. The van der Waals surface area contributed by atoms with Crippen LogP contribution in [0.4, 0.5) is 14.6 Å². The number of carbonyl (C=O) groups is 1. The Labute approximate surface area is 124 Å². The number of benzene rings is 2. The van der Waals surface area contributed by atoms with Crippen molar-refractivity contribution in [2.24, 2.45) is 0 Å². The van der Waals surface area contributed by atoms with E-state index in [1.165, 1.54) is 16.8 Å². The molecular weight excluding hydrogens is 288 g/mol. The topological polar surface area (TPSA) is 45.9 Å². The van der Waals surface area contributed by atoms with Crippen LogP contribution in [-0.2, 0) is 0 Å². The van der Waals surface area contributed by atoms with Crippen LogP contribution in [0.5, 0.6) is 0 Å². The van der Waals surface area contributed by atoms with Gasteiger partial charge in [-0.15, -0.1) is 0 Å². The standard InChI is InChI=1S/C16H9F2N3O/c17-9-5-6-10(11(18)7-9)15-16(22)21-13-4-2-1-3-12(13)19-8-14(21)20-15/h1-8,15H/p+1. The molecule has 0 saturated carbocycles. The highest BCUT2D eigenvalue weighted by atomic mass is 19.1. The Balaban J connectivity index is 1.87. The van der Waals surface area contributed by atoms with Crippen molar-refractivity contribution in [1.82, 2.24) is 4.98 Å². The molecule has 4 rings (SSSR count). The minimum atomic E-state index is -0.895. The minimum absolute atomic E-state index is 0.110. The lowest BCUT2D eigenvalue weighted by atomic mass is 10.1. The zero-order valence-corrected chi connectivity index (χ0v) is 11.3. The molecule has 0 bridgehead atoms. The van der Waals surface area contributed by atoms with E-state index in [4.69, 9.17) is 0 Å². The first-order valence-electron chi connectivity index (χ1n) is 6.70. The highest BCUT2D eigenvalue weighted by molar-refractivity contribution is 5.87. The number of anilines is 1. The fraction of sp³-hybridized carbons (Fsp3) is 0.0625. The Hall–Kier alpha value is -2.89. The Morgan fingerprint density at radius 1 is 1.14 bits per heavy atom. The Morgan fingerprint density at radius 2 is 1.95 bits per heavy atom. The van der Waals surface area contributed by atoms with Gasteiger partial charge in [0.05, 0.1) is 0 Å². The fourth-order valence-corrected chi connectivity index (χ4v) is 2.70. The molecule has 0 radical (unpaired) electrons. The van der Waals surface area contributed by atoms with Crippen LogP contribution in [0.3, 0.4) is 0 Å². The number of fused-ring (bicyclic) bond motifs is 3. The quantitative estimate of drug-likeness (QED) is 0.702. The highest BCUT2D eigenvalue weighted by Crippen LogP contribution is 2.27. The Kier molecular flexibility index (Phi) is 2.66. The van der Waals surface area contributed by atoms with Crippen molar-refractivity contribution in [3.8, 4) is 0 Å². The van der Waals surface area contributed by atoms with E-state index in [-0.39, 0.29) is 11.5 Å². The highest BCUT2D eigenvalue weighted by Gasteiger charge is 2.42. The number of carbonyl (C=O) groups excluding carboxylic acids is 1. The van der Waals surface area contributed by atoms with Crippen molar-refractivity contribution >= 4 is 22.8 Å². The van der Waals surface area contributed by atoms with Crippen LogP contribution in [-0.4, -0.2) is 10.9 Å². The maximum Gasteiger partial charge on any atom is 0.364 e. The molecular formula is C16H10F2N3O+. The molecule has 2 aromatic carbocycles. The zero-order chi connectivity index (χ0) is 15.3. The van der Waals surface area contributed by atoms with Gasteiger partial charge in [-0.25, -0.2) is 18.6 Å². The average molecular weight is 298 g/mol. The van der Waals surface area contributed by atoms with Crippen LogP contribution in [0.15, 0.2) is 48.7 Å². The van der Waals surface area contributed by atoms with Crippen LogP contribution >= 0.6 is 0 Å². The lowest BCUT2D eigenvalue weighted by Crippen LogP contribution is -2.41. The molecule has 1 aromatic heterocycles. The molecule has 108 valence electrons. The van der Waals surface area contributed by atoms with Crippen molar-refractivity contribution in [2.45, 2.75) is 6.04 Å². The van der Waals surface area contributed by atoms with Gasteiger partial charge in [-0.3, -0.25) is 5.32 Å². The van der Waals surface area contributed by atoms with Crippen LogP contribution in [0.2, 0.25) is 0 Å². The third-order valence-electron chi connectivity index (χ3n) is 3.72. The van der Waals surface area contributed by atoms with Gasteiger partial charge in [0, 0.05) is 11.6 Å². The summed E-state index contributed by atoms with van der Waals surface area (Å²) in [5.41, 5.74) is 1.42. The van der Waals surface area contributed by atoms with Gasteiger partial charge in [-0.2, -0.15) is 4.57 Å². The summed E-state index contributed by atoms with van der Waals surface area (Å²) in [4.78, 5) is 16.9. The first kappa shape index (κ1) is 12.8. The summed E-state index contributed by atoms with van der Waals surface area (Å²) in [5.74, 6) is -1.27. The number of nitrogens with one attached hydrogen (secondary N) is 1. The Bertz CT molecular complexity index is 926. The maximum atomic E-state index is 14.0. The smallest absolute Gasteiger partial charge is 0.254 e. The zero-order valence-electron chi connectivity index (χ0n) is 11.3. The van der Waals surface area contributed by atoms with E-state index < -0.39 is 17.7 Å². The molecule has 22 heavy (non-hydrogen) atoms. The lowest BCUT2D eigenvalue weighted by Gasteiger charge is -2.04. The summed E-state index contributed by atoms with van der Waals surface area (Å²) in [5, 5.41) is 2.94. The van der Waals surface area contributed by atoms with Crippen molar-refractivity contribution in [3.05, 3.63) is 65.9 Å². The summed E-state index contributed by atoms with van der Waals surface area (Å²) >= 11 is 0. The molecule has 4 nitrogen and oxygen atoms in total. The third kappa shape index (κ3) is 1.77. The van der Waals surface area contributed by atoms with E-state index in [9.17, 15) is 13.6 Å². The van der Waals surface area contributed by atoms with Gasteiger partial charge >= 0.3 is 11.7 Å². The van der Waals surface area contributed by atoms with Gasteiger partial charge in [0.1, 0.15) is 23.3 Å². The first-order chi connectivity index (χ1) is 10.6. The van der Waals surface area contributed by atoms with E-state index in [0.717, 1.165) is 12.1 Å². The van der Waals surface area contributed by atoms with E-state index in [1.54, 1.807) is 18.2 Å². The molecule has 0 saturated heterocycles. The molecule has 2 heterocycles. The summed E-state index contributed by atoms with van der Waals surface area (Å²) < 4.78 is 28.5. The molecule has 1 unspecified atom stereocenters. The monoisotopic (exact) mass is 298 g/mol. The number of hydrogen-bond acceptors (Lipinski definition) is 3. The van der Waals surface area contributed by atoms with E-state index >= 15 is 0 Å². The summed E-state index contributed by atoms with van der Waals surface area (Å²) in [6, 6.07) is 9.49. The molecule has 0 fully saturated rings. The van der Waals surface area contributed by atoms with Gasteiger partial charge in [0.2, 0.25) is 6.04 Å². The second-order valence-corrected chi connectivity index (χ2v) is 5.05. The predicted octanol–water partition coefficient (Wildman–Crippen LogP) is 2.61. The number of para-hydroxylation sites is 2. The number of rotatable bonds is 1. The first-order valence-corrected chi connectivity index (χ1v) is 6.70. The molecule has 1 aliphatic heterocycles. The summed E-state index contributed by atoms with van der Waals surface area (Å²) in [6.45, 7) is 0. The van der Waals surface area contributed by atoms with E-state index in [2.05, 4.69) is 10.3 Å². The average Bonchev–Trinajstić information content (AvgIpc) is 2.85.